The first-order chi connectivity index (χ1) is 65.7. The summed E-state index contributed by atoms with van der Waals surface area (Å²) in [5.41, 5.74) is 66.9. The van der Waals surface area contributed by atoms with Gasteiger partial charge in [-0.25, -0.2) is 0 Å². The average molecular weight is 2060 g/mol. The predicted octanol–water partition coefficient (Wildman–Crippen LogP) is 34.5. The Balaban J connectivity index is 0.000000108. The van der Waals surface area contributed by atoms with Crippen molar-refractivity contribution in [2.75, 3.05) is 22.9 Å². The van der Waals surface area contributed by atoms with Crippen LogP contribution in [0.15, 0.2) is 261 Å². The number of rotatable bonds is 24. The Labute approximate surface area is 847 Å². The lowest BCUT2D eigenvalue weighted by atomic mass is 9.48. The zero-order valence-corrected chi connectivity index (χ0v) is 90.2. The van der Waals surface area contributed by atoms with E-state index >= 15 is 0 Å². The van der Waals surface area contributed by atoms with Gasteiger partial charge in [-0.05, 0) is 323 Å². The van der Waals surface area contributed by atoms with Gasteiger partial charge in [-0.15, -0.1) is 0 Å². The molecule has 0 spiro atoms. The van der Waals surface area contributed by atoms with E-state index in [1.807, 2.05) is 0 Å². The number of hydrogen-bond donors (Lipinski definition) is 4. The molecule has 0 saturated heterocycles. The summed E-state index contributed by atoms with van der Waals surface area (Å²) in [7, 11) is 0. The molecule has 8 N–H and O–H groups in total. The Morgan fingerprint density at radius 3 is 0.338 bits per heavy atom. The molecule has 0 heterocycles. The van der Waals surface area contributed by atoms with Crippen LogP contribution >= 0.6 is 63.7 Å². The minimum atomic E-state index is -0.0497. The zero-order chi connectivity index (χ0) is 95.7. The third-order valence-corrected chi connectivity index (χ3v) is 43.5. The van der Waals surface area contributed by atoms with Gasteiger partial charge in [0.2, 0.25) is 0 Å². The number of fused-ring (bicyclic) bond motifs is 36. The Morgan fingerprint density at radius 2 is 0.243 bits per heavy atom. The molecule has 12 aromatic carbocycles. The third-order valence-electron chi connectivity index (χ3n) is 40.7. The van der Waals surface area contributed by atoms with Crippen LogP contribution in [-0.2, 0) is 65.0 Å². The van der Waals surface area contributed by atoms with Crippen molar-refractivity contribution in [3.05, 3.63) is 394 Å². The highest BCUT2D eigenvalue weighted by Crippen LogP contribution is 2.91. The van der Waals surface area contributed by atoms with Crippen LogP contribution in [0.2, 0.25) is 0 Å². The van der Waals surface area contributed by atoms with Gasteiger partial charge in [-0.3, -0.25) is 0 Å². The molecular weight excluding hydrogens is 1910 g/mol. The summed E-state index contributed by atoms with van der Waals surface area (Å²) in [5.74, 6) is 0. The molecule has 0 fully saturated rings. The molecule has 8 heteroatoms. The van der Waals surface area contributed by atoms with Crippen LogP contribution in [-0.4, -0.2) is 0 Å². The summed E-state index contributed by atoms with van der Waals surface area (Å²) < 4.78 is 4.15. The van der Waals surface area contributed by atoms with Gasteiger partial charge in [0.25, 0.3) is 0 Å². The van der Waals surface area contributed by atoms with Crippen molar-refractivity contribution in [2.45, 2.75) is 330 Å². The molecule has 0 bridgehead atoms. The number of benzene rings is 12. The van der Waals surface area contributed by atoms with Crippen molar-refractivity contribution in [3.63, 3.8) is 0 Å². The second-order valence-electron chi connectivity index (χ2n) is 44.4. The van der Waals surface area contributed by atoms with Gasteiger partial charge in [0.05, 0.1) is 0 Å². The Kier molecular flexibility index (Phi) is 22.6. The molecule has 704 valence electrons. The van der Waals surface area contributed by atoms with Crippen LogP contribution in [0.5, 0.6) is 0 Å². The topological polar surface area (TPSA) is 104 Å². The lowest BCUT2D eigenvalue weighted by Crippen LogP contribution is -2.54. The van der Waals surface area contributed by atoms with Crippen LogP contribution in [0, 0.1) is 21.7 Å². The number of nitrogen functional groups attached to an aromatic ring is 4. The van der Waals surface area contributed by atoms with Crippen LogP contribution in [0.1, 0.15) is 398 Å². The van der Waals surface area contributed by atoms with E-state index in [4.69, 9.17) is 22.9 Å². The van der Waals surface area contributed by atoms with Gasteiger partial charge in [0.1, 0.15) is 0 Å². The van der Waals surface area contributed by atoms with Gasteiger partial charge in [0, 0.05) is 127 Å². The zero-order valence-electron chi connectivity index (χ0n) is 83.9. The van der Waals surface area contributed by atoms with E-state index in [2.05, 4.69) is 417 Å². The van der Waals surface area contributed by atoms with Crippen molar-refractivity contribution in [1.82, 2.24) is 0 Å². The molecule has 0 saturated carbocycles. The van der Waals surface area contributed by atoms with E-state index in [0.29, 0.717) is 0 Å². The summed E-state index contributed by atoms with van der Waals surface area (Å²) in [6.45, 7) is 39.2. The lowest BCUT2D eigenvalue weighted by Gasteiger charge is -2.53. The number of hydrogen-bond acceptors (Lipinski definition) is 4. The quantitative estimate of drug-likeness (QED) is 0.0453. The smallest absolute Gasteiger partial charge is 0.0461 e. The molecular formula is C128H144Br4N4. The van der Waals surface area contributed by atoms with Crippen molar-refractivity contribution in [2.24, 2.45) is 21.7 Å². The van der Waals surface area contributed by atoms with Gasteiger partial charge >= 0.3 is 0 Å². The standard InChI is InChI=1S/4C32H36BrN/c4*1-5-16-30-21-12-8-10-14-23(21)31(17-6-2)25-19-27(33)28(34)20-26(25)32(18-7-3,29(30,31)4)24-15-11-9-13-22(24)30/h4*8-15,19-20H,5-7,16-18,34H2,1-4H3/t4*29-,30+,31-,32+/m0000/s1. The van der Waals surface area contributed by atoms with E-state index in [0.717, 1.165) is 143 Å². The molecule has 0 amide bonds. The maximum absolute atomic E-state index is 6.65. The molecule has 0 aliphatic heterocycles. The van der Waals surface area contributed by atoms with Crippen molar-refractivity contribution < 1.29 is 0 Å². The maximum atomic E-state index is 6.65. The Morgan fingerprint density at radius 1 is 0.154 bits per heavy atom. The molecule has 0 unspecified atom stereocenters. The summed E-state index contributed by atoms with van der Waals surface area (Å²) in [6, 6.07) is 94.8. The normalized spacial score (nSPS) is 31.8. The Bertz CT molecular complexity index is 5670. The largest absolute Gasteiger partial charge is 0.398 e. The van der Waals surface area contributed by atoms with Crippen LogP contribution in [0.25, 0.3) is 0 Å². The van der Waals surface area contributed by atoms with E-state index in [1.165, 1.54) is 95.9 Å². The molecule has 12 aromatic rings. The van der Waals surface area contributed by atoms with Crippen LogP contribution in [0.3, 0.4) is 0 Å². The number of halogens is 4. The highest BCUT2D eigenvalue weighted by atomic mass is 79.9. The molecule has 12 aliphatic carbocycles. The van der Waals surface area contributed by atoms with Crippen molar-refractivity contribution in [1.29, 1.82) is 0 Å². The van der Waals surface area contributed by atoms with Gasteiger partial charge in [0.15, 0.2) is 0 Å². The van der Waals surface area contributed by atoms with Gasteiger partial charge in [-0.1, -0.05) is 382 Å². The number of nitrogens with two attached hydrogens (primary N) is 4. The summed E-state index contributed by atoms with van der Waals surface area (Å²) >= 11 is 15.4. The molecule has 4 nitrogen and oxygen atoms in total. The van der Waals surface area contributed by atoms with E-state index < -0.39 is 0 Å². The third kappa shape index (κ3) is 9.94. The highest BCUT2D eigenvalue weighted by molar-refractivity contribution is 9.11. The van der Waals surface area contributed by atoms with Crippen molar-refractivity contribution in [3.8, 4) is 0 Å². The number of anilines is 4. The van der Waals surface area contributed by atoms with E-state index in [-0.39, 0.29) is 86.6 Å². The molecule has 0 radical (unpaired) electrons. The predicted molar refractivity (Wildman–Crippen MR) is 586 cm³/mol. The molecule has 0 aromatic heterocycles. The molecule has 136 heavy (non-hydrogen) atoms. The second-order valence-corrected chi connectivity index (χ2v) is 47.8. The minimum Gasteiger partial charge on any atom is -0.398 e. The van der Waals surface area contributed by atoms with Gasteiger partial charge < -0.3 is 22.9 Å². The van der Waals surface area contributed by atoms with Crippen molar-refractivity contribution >= 4 is 86.5 Å². The fourth-order valence-electron chi connectivity index (χ4n) is 38.3. The average Bonchev–Trinajstić information content (AvgIpc) is 1.45. The first kappa shape index (κ1) is 94.0. The summed E-state index contributed by atoms with van der Waals surface area (Å²) in [5, 5.41) is 0. The SMILES string of the molecule is CCC[C@@]12c3ccccc3[C@@]3(CCC)c4cc(Br)c(N)cc4[C@@](CCC)(c4ccccc41)[C@@]23C.CCC[C@@]12c3ccccc3[C@@]3(CCC)c4cc(Br)c(N)cc4[C@@](CCC)(c4ccccc41)[C@@]23C.CCC[C@@]12c3ccccc3[C@@]3(CCC)c4cc(Br)c(N)cc4[C@@](CCC)(c4ccccc41)[C@@]23C.CCC[C@@]12c3ccccc3[C@@]3(CCC)c4cc(Br)c(N)cc4[C@@](CCC)(c4ccccc41)[C@@]23C. The minimum absolute atomic E-state index is 0.000462. The Hall–Kier alpha value is -8.24. The summed E-state index contributed by atoms with van der Waals surface area (Å²) in [6.07, 6.45) is 27.9. The van der Waals surface area contributed by atoms with Crippen LogP contribution in [0.4, 0.5) is 22.7 Å². The lowest BCUT2D eigenvalue weighted by molar-refractivity contribution is 0.0540. The molecule has 24 rings (SSSR count). The van der Waals surface area contributed by atoms with E-state index in [1.54, 1.807) is 89.0 Å². The fourth-order valence-corrected chi connectivity index (χ4v) is 39.7. The molecule has 16 atom stereocenters. The first-order valence-electron chi connectivity index (χ1n) is 52.9. The van der Waals surface area contributed by atoms with Crippen LogP contribution < -0.4 is 22.9 Å². The first-order valence-corrected chi connectivity index (χ1v) is 56.0. The highest BCUT2D eigenvalue weighted by Gasteiger charge is 2.88. The fraction of sp³-hybridized carbons (Fsp3) is 0.438. The second kappa shape index (κ2) is 32.7. The summed E-state index contributed by atoms with van der Waals surface area (Å²) in [4.78, 5) is 0. The molecule has 12 aliphatic rings. The van der Waals surface area contributed by atoms with E-state index in [9.17, 15) is 0 Å². The maximum Gasteiger partial charge on any atom is 0.0461 e. The van der Waals surface area contributed by atoms with Gasteiger partial charge in [-0.2, -0.15) is 0 Å². The monoisotopic (exact) mass is 2050 g/mol.